The maximum Gasteiger partial charge on any atom is 0.319 e. The molecule has 2 aromatic carbocycles. The van der Waals surface area contributed by atoms with E-state index in [0.717, 1.165) is 11.3 Å². The van der Waals surface area contributed by atoms with Gasteiger partial charge in [0.25, 0.3) is 0 Å². The lowest BCUT2D eigenvalue weighted by atomic mass is 9.97. The Labute approximate surface area is 197 Å². The fourth-order valence-corrected chi connectivity index (χ4v) is 3.98. The van der Waals surface area contributed by atoms with Gasteiger partial charge in [0.2, 0.25) is 12.7 Å². The van der Waals surface area contributed by atoms with Crippen molar-refractivity contribution in [1.82, 2.24) is 10.6 Å². The SMILES string of the molecule is COc1ccc(CNC(=O)C[C@H]2CC[C@H](NC(=O)Nc3ccc4c(c3)OCO4)[C@H](CO)O2)cc1. The summed E-state index contributed by atoms with van der Waals surface area (Å²) in [5.41, 5.74) is 1.52. The normalized spacial score (nSPS) is 20.9. The Balaban J connectivity index is 1.22. The van der Waals surface area contributed by atoms with Crippen molar-refractivity contribution in [2.24, 2.45) is 0 Å². The number of hydrogen-bond donors (Lipinski definition) is 4. The van der Waals surface area contributed by atoms with Crippen LogP contribution >= 0.6 is 0 Å². The summed E-state index contributed by atoms with van der Waals surface area (Å²) in [6, 6.07) is 11.8. The molecule has 3 atom stereocenters. The highest BCUT2D eigenvalue weighted by Crippen LogP contribution is 2.34. The number of benzene rings is 2. The van der Waals surface area contributed by atoms with Gasteiger partial charge in [-0.05, 0) is 42.7 Å². The van der Waals surface area contributed by atoms with E-state index >= 15 is 0 Å². The zero-order valence-corrected chi connectivity index (χ0v) is 18.9. The first-order chi connectivity index (χ1) is 16.5. The molecule has 2 aliphatic heterocycles. The van der Waals surface area contributed by atoms with E-state index in [4.69, 9.17) is 18.9 Å². The summed E-state index contributed by atoms with van der Waals surface area (Å²) in [7, 11) is 1.60. The van der Waals surface area contributed by atoms with Gasteiger partial charge in [-0.15, -0.1) is 0 Å². The monoisotopic (exact) mass is 471 g/mol. The Morgan fingerprint density at radius 1 is 1.09 bits per heavy atom. The molecule has 0 radical (unpaired) electrons. The van der Waals surface area contributed by atoms with Crippen molar-refractivity contribution in [3.63, 3.8) is 0 Å². The van der Waals surface area contributed by atoms with Gasteiger partial charge in [-0.25, -0.2) is 4.79 Å². The van der Waals surface area contributed by atoms with Gasteiger partial charge in [0.1, 0.15) is 11.9 Å². The van der Waals surface area contributed by atoms with Crippen LogP contribution in [0.5, 0.6) is 17.2 Å². The topological polar surface area (TPSA) is 127 Å². The molecule has 0 unspecified atom stereocenters. The van der Waals surface area contributed by atoms with Gasteiger partial charge in [-0.1, -0.05) is 12.1 Å². The molecule has 3 amide bonds. The first-order valence-corrected chi connectivity index (χ1v) is 11.2. The Morgan fingerprint density at radius 2 is 1.88 bits per heavy atom. The van der Waals surface area contributed by atoms with Crippen LogP contribution in [0.1, 0.15) is 24.8 Å². The van der Waals surface area contributed by atoms with E-state index in [2.05, 4.69) is 16.0 Å². The van der Waals surface area contributed by atoms with Crippen molar-refractivity contribution in [2.45, 2.75) is 44.1 Å². The van der Waals surface area contributed by atoms with Crippen LogP contribution in [0, 0.1) is 0 Å². The molecule has 2 heterocycles. The number of amides is 3. The maximum absolute atomic E-state index is 12.5. The number of rotatable bonds is 8. The number of aliphatic hydroxyl groups excluding tert-OH is 1. The molecule has 4 rings (SSSR count). The number of hydrogen-bond acceptors (Lipinski definition) is 7. The van der Waals surface area contributed by atoms with Crippen molar-refractivity contribution in [2.75, 3.05) is 25.8 Å². The van der Waals surface area contributed by atoms with Gasteiger partial charge in [0.15, 0.2) is 11.5 Å². The van der Waals surface area contributed by atoms with Gasteiger partial charge < -0.3 is 40.0 Å². The minimum Gasteiger partial charge on any atom is -0.497 e. The zero-order valence-electron chi connectivity index (χ0n) is 18.9. The smallest absolute Gasteiger partial charge is 0.319 e. The average Bonchev–Trinajstić information content (AvgIpc) is 3.32. The van der Waals surface area contributed by atoms with Gasteiger partial charge in [0, 0.05) is 18.3 Å². The first-order valence-electron chi connectivity index (χ1n) is 11.2. The number of ether oxygens (including phenoxy) is 4. The van der Waals surface area contributed by atoms with Crippen LogP contribution in [0.2, 0.25) is 0 Å². The molecule has 10 nitrogen and oxygen atoms in total. The number of aliphatic hydroxyl groups is 1. The van der Waals surface area contributed by atoms with Crippen molar-refractivity contribution in [3.05, 3.63) is 48.0 Å². The second-order valence-electron chi connectivity index (χ2n) is 8.16. The van der Waals surface area contributed by atoms with Crippen LogP contribution < -0.4 is 30.2 Å². The summed E-state index contributed by atoms with van der Waals surface area (Å²) in [4.78, 5) is 24.8. The van der Waals surface area contributed by atoms with Gasteiger partial charge in [-0.3, -0.25) is 4.79 Å². The standard InChI is InChI=1S/C24H29N3O7/c1-31-17-5-2-15(3-6-17)12-25-23(29)11-18-7-8-19(22(13-28)34-18)27-24(30)26-16-4-9-20-21(10-16)33-14-32-20/h2-6,9-10,18-19,22,28H,7-8,11-14H2,1H3,(H,25,29)(H2,26,27,30)/t18-,19+,22+/m1/s1. The number of fused-ring (bicyclic) bond motifs is 1. The quantitative estimate of drug-likeness (QED) is 0.465. The molecule has 182 valence electrons. The third-order valence-corrected chi connectivity index (χ3v) is 5.80. The van der Waals surface area contributed by atoms with E-state index in [1.165, 1.54) is 0 Å². The molecule has 2 aliphatic rings. The van der Waals surface area contributed by atoms with Crippen LogP contribution in [0.25, 0.3) is 0 Å². The highest BCUT2D eigenvalue weighted by Gasteiger charge is 2.33. The summed E-state index contributed by atoms with van der Waals surface area (Å²) in [5.74, 6) is 1.82. The van der Waals surface area contributed by atoms with Gasteiger partial charge in [0.05, 0.1) is 32.3 Å². The van der Waals surface area contributed by atoms with Crippen molar-refractivity contribution >= 4 is 17.6 Å². The number of anilines is 1. The molecular weight excluding hydrogens is 442 g/mol. The fraction of sp³-hybridized carbons (Fsp3) is 0.417. The summed E-state index contributed by atoms with van der Waals surface area (Å²) in [5, 5.41) is 18.3. The maximum atomic E-state index is 12.5. The molecule has 1 fully saturated rings. The molecule has 0 spiro atoms. The second-order valence-corrected chi connectivity index (χ2v) is 8.16. The molecule has 1 saturated heterocycles. The van der Waals surface area contributed by atoms with Crippen molar-refractivity contribution < 1.29 is 33.6 Å². The predicted molar refractivity (Wildman–Crippen MR) is 123 cm³/mol. The molecule has 0 bridgehead atoms. The number of methoxy groups -OCH3 is 1. The lowest BCUT2D eigenvalue weighted by Gasteiger charge is -2.35. The van der Waals surface area contributed by atoms with E-state index in [9.17, 15) is 14.7 Å². The zero-order chi connectivity index (χ0) is 23.9. The molecule has 0 aliphatic carbocycles. The fourth-order valence-electron chi connectivity index (χ4n) is 3.98. The Bertz CT molecular complexity index is 999. The molecular formula is C24H29N3O7. The molecule has 0 aromatic heterocycles. The first kappa shape index (κ1) is 23.7. The third-order valence-electron chi connectivity index (χ3n) is 5.80. The number of urea groups is 1. The van der Waals surface area contributed by atoms with Gasteiger partial charge in [-0.2, -0.15) is 0 Å². The van der Waals surface area contributed by atoms with Crippen LogP contribution in [0.15, 0.2) is 42.5 Å². The van der Waals surface area contributed by atoms with Crippen molar-refractivity contribution in [3.8, 4) is 17.2 Å². The van der Waals surface area contributed by atoms with Gasteiger partial charge >= 0.3 is 6.03 Å². The van der Waals surface area contributed by atoms with Crippen molar-refractivity contribution in [1.29, 1.82) is 0 Å². The van der Waals surface area contributed by atoms with Crippen LogP contribution in [-0.4, -0.2) is 55.8 Å². The highest BCUT2D eigenvalue weighted by atomic mass is 16.7. The lowest BCUT2D eigenvalue weighted by Crippen LogP contribution is -2.52. The average molecular weight is 472 g/mol. The van der Waals surface area contributed by atoms with E-state index < -0.39 is 12.1 Å². The Hall–Kier alpha value is -3.50. The minimum absolute atomic E-state index is 0.135. The van der Waals surface area contributed by atoms with Crippen LogP contribution in [-0.2, 0) is 16.1 Å². The second kappa shape index (κ2) is 11.1. The van der Waals surface area contributed by atoms with E-state index in [-0.39, 0.29) is 37.9 Å². The Kier molecular flexibility index (Phi) is 7.71. The lowest BCUT2D eigenvalue weighted by molar-refractivity contribution is -0.130. The molecule has 0 saturated carbocycles. The van der Waals surface area contributed by atoms with E-state index in [1.54, 1.807) is 25.3 Å². The number of carbonyl (C=O) groups is 2. The molecule has 2 aromatic rings. The summed E-state index contributed by atoms with van der Waals surface area (Å²) >= 11 is 0. The summed E-state index contributed by atoms with van der Waals surface area (Å²) in [6.45, 7) is 0.297. The number of nitrogens with one attached hydrogen (secondary N) is 3. The summed E-state index contributed by atoms with van der Waals surface area (Å²) < 4.78 is 21.6. The van der Waals surface area contributed by atoms with Crippen LogP contribution in [0.3, 0.4) is 0 Å². The molecule has 10 heteroatoms. The minimum atomic E-state index is -0.601. The Morgan fingerprint density at radius 3 is 2.65 bits per heavy atom. The van der Waals surface area contributed by atoms with Crippen LogP contribution in [0.4, 0.5) is 10.5 Å². The summed E-state index contributed by atoms with van der Waals surface area (Å²) in [6.07, 6.45) is 0.416. The highest BCUT2D eigenvalue weighted by molar-refractivity contribution is 5.90. The number of carbonyl (C=O) groups excluding carboxylic acids is 2. The largest absolute Gasteiger partial charge is 0.497 e. The van der Waals surface area contributed by atoms with E-state index in [0.29, 0.717) is 36.6 Å². The van der Waals surface area contributed by atoms with E-state index in [1.807, 2.05) is 24.3 Å². The third kappa shape index (κ3) is 6.09. The predicted octanol–water partition coefficient (Wildman–Crippen LogP) is 2.16. The molecule has 4 N–H and O–H groups in total. The molecule has 34 heavy (non-hydrogen) atoms.